The van der Waals surface area contributed by atoms with Crippen molar-refractivity contribution in [2.24, 2.45) is 0 Å². The summed E-state index contributed by atoms with van der Waals surface area (Å²) in [7, 11) is 1.64. The third-order valence-corrected chi connectivity index (χ3v) is 3.31. The predicted molar refractivity (Wildman–Crippen MR) is 63.7 cm³/mol. The number of nitrogens with one attached hydrogen (secondary N) is 1. The third kappa shape index (κ3) is 3.04. The Bertz CT molecular complexity index is 338. The number of methoxy groups -OCH3 is 1. The van der Waals surface area contributed by atoms with Crippen molar-refractivity contribution in [2.75, 3.05) is 13.7 Å². The quantitative estimate of drug-likeness (QED) is 0.849. The zero-order valence-corrected chi connectivity index (χ0v) is 10.6. The lowest BCUT2D eigenvalue weighted by Gasteiger charge is -2.29. The summed E-state index contributed by atoms with van der Waals surface area (Å²) in [6, 6.07) is 0.476. The maximum atomic E-state index is 5.35. The molecule has 2 atom stereocenters. The van der Waals surface area contributed by atoms with Gasteiger partial charge >= 0.3 is 0 Å². The van der Waals surface area contributed by atoms with Crippen LogP contribution in [0.25, 0.3) is 0 Å². The normalized spacial score (nSPS) is 25.1. The first-order valence-corrected chi connectivity index (χ1v) is 6.40. The Morgan fingerprint density at radius 2 is 2.24 bits per heavy atom. The Hall–Kier alpha value is -0.940. The second-order valence-electron chi connectivity index (χ2n) is 4.54. The van der Waals surface area contributed by atoms with Crippen LogP contribution in [0.4, 0.5) is 0 Å². The summed E-state index contributed by atoms with van der Waals surface area (Å²) in [5, 5.41) is 7.45. The van der Waals surface area contributed by atoms with E-state index in [-0.39, 0.29) is 0 Å². The Balaban J connectivity index is 2.06. The molecule has 0 spiro atoms. The van der Waals surface area contributed by atoms with Gasteiger partial charge in [-0.05, 0) is 19.4 Å². The second-order valence-corrected chi connectivity index (χ2v) is 4.54. The molecule has 1 aromatic heterocycles. The summed E-state index contributed by atoms with van der Waals surface area (Å²) in [5.74, 6) is 1.77. The van der Waals surface area contributed by atoms with E-state index in [2.05, 4.69) is 22.4 Å². The first-order chi connectivity index (χ1) is 8.35. The molecule has 0 saturated heterocycles. The summed E-state index contributed by atoms with van der Waals surface area (Å²) in [6.45, 7) is 3.54. The van der Waals surface area contributed by atoms with Gasteiger partial charge in [-0.3, -0.25) is 0 Å². The van der Waals surface area contributed by atoms with Gasteiger partial charge in [0.2, 0.25) is 5.89 Å². The fourth-order valence-electron chi connectivity index (χ4n) is 2.54. The van der Waals surface area contributed by atoms with E-state index >= 15 is 0 Å². The number of hydrogen-bond donors (Lipinski definition) is 1. The van der Waals surface area contributed by atoms with Gasteiger partial charge in [-0.15, -0.1) is 0 Å². The Labute approximate surface area is 102 Å². The number of ether oxygens (including phenoxy) is 1. The van der Waals surface area contributed by atoms with Gasteiger partial charge in [-0.25, -0.2) is 0 Å². The molecule has 1 heterocycles. The molecule has 0 radical (unpaired) electrons. The lowest BCUT2D eigenvalue weighted by atomic mass is 9.84. The maximum Gasteiger partial charge on any atom is 0.231 e. The Kier molecular flexibility index (Phi) is 4.50. The molecule has 0 amide bonds. The third-order valence-electron chi connectivity index (χ3n) is 3.31. The molecule has 1 N–H and O–H groups in total. The van der Waals surface area contributed by atoms with Gasteiger partial charge in [0.05, 0.1) is 5.92 Å². The second kappa shape index (κ2) is 6.12. The van der Waals surface area contributed by atoms with Crippen LogP contribution in [0.5, 0.6) is 0 Å². The number of hydrogen-bond acceptors (Lipinski definition) is 5. The molecule has 0 aromatic carbocycles. The Morgan fingerprint density at radius 3 is 3.00 bits per heavy atom. The van der Waals surface area contributed by atoms with E-state index in [1.165, 1.54) is 19.3 Å². The first-order valence-electron chi connectivity index (χ1n) is 6.40. The van der Waals surface area contributed by atoms with Gasteiger partial charge in [0.1, 0.15) is 6.61 Å². The maximum absolute atomic E-state index is 5.35. The number of rotatable bonds is 5. The van der Waals surface area contributed by atoms with Gasteiger partial charge in [0, 0.05) is 13.2 Å². The summed E-state index contributed by atoms with van der Waals surface area (Å²) in [6.07, 6.45) is 4.86. The molecular weight excluding hydrogens is 218 g/mol. The van der Waals surface area contributed by atoms with E-state index in [4.69, 9.17) is 9.26 Å². The van der Waals surface area contributed by atoms with Gasteiger partial charge in [0.15, 0.2) is 5.82 Å². The topological polar surface area (TPSA) is 60.2 Å². The monoisotopic (exact) mass is 239 g/mol. The van der Waals surface area contributed by atoms with Crippen molar-refractivity contribution in [1.29, 1.82) is 0 Å². The highest BCUT2D eigenvalue weighted by molar-refractivity contribution is 5.01. The highest BCUT2D eigenvalue weighted by Crippen LogP contribution is 2.32. The first kappa shape index (κ1) is 12.5. The molecule has 1 aromatic rings. The zero-order valence-electron chi connectivity index (χ0n) is 10.6. The van der Waals surface area contributed by atoms with Crippen LogP contribution < -0.4 is 5.32 Å². The van der Waals surface area contributed by atoms with Crippen molar-refractivity contribution < 1.29 is 9.26 Å². The molecule has 5 nitrogen and oxygen atoms in total. The van der Waals surface area contributed by atoms with E-state index in [9.17, 15) is 0 Å². The molecule has 1 fully saturated rings. The minimum Gasteiger partial charge on any atom is -0.377 e. The molecule has 1 aliphatic carbocycles. The minimum absolute atomic E-state index is 0.363. The van der Waals surface area contributed by atoms with Crippen LogP contribution in [-0.4, -0.2) is 29.8 Å². The van der Waals surface area contributed by atoms with Crippen LogP contribution in [0.1, 0.15) is 50.2 Å². The average molecular weight is 239 g/mol. The van der Waals surface area contributed by atoms with Crippen LogP contribution in [-0.2, 0) is 11.3 Å². The lowest BCUT2D eigenvalue weighted by molar-refractivity contribution is 0.174. The van der Waals surface area contributed by atoms with E-state index in [0.717, 1.165) is 18.9 Å². The predicted octanol–water partition coefficient (Wildman–Crippen LogP) is 1.85. The average Bonchev–Trinajstić information content (AvgIpc) is 2.79. The van der Waals surface area contributed by atoms with E-state index in [1.807, 2.05) is 0 Å². The largest absolute Gasteiger partial charge is 0.377 e. The van der Waals surface area contributed by atoms with Gasteiger partial charge < -0.3 is 14.6 Å². The highest BCUT2D eigenvalue weighted by atomic mass is 16.5. The number of aromatic nitrogens is 2. The molecule has 2 rings (SSSR count). The molecule has 17 heavy (non-hydrogen) atoms. The van der Waals surface area contributed by atoms with Crippen molar-refractivity contribution in [3.05, 3.63) is 11.7 Å². The molecule has 1 saturated carbocycles. The smallest absolute Gasteiger partial charge is 0.231 e. The van der Waals surface area contributed by atoms with Crippen molar-refractivity contribution >= 4 is 0 Å². The Morgan fingerprint density at radius 1 is 1.41 bits per heavy atom. The number of nitrogens with zero attached hydrogens (tertiary/aromatic N) is 2. The van der Waals surface area contributed by atoms with Gasteiger partial charge in [-0.1, -0.05) is 24.9 Å². The molecule has 2 unspecified atom stereocenters. The minimum atomic E-state index is 0.363. The molecule has 1 aliphatic rings. The SMILES string of the molecule is CCNC1CCCCC1c1nc(COC)no1. The van der Waals surface area contributed by atoms with Crippen LogP contribution in [0.15, 0.2) is 4.52 Å². The van der Waals surface area contributed by atoms with Crippen LogP contribution in [0.3, 0.4) is 0 Å². The summed E-state index contributed by atoms with van der Waals surface area (Å²) >= 11 is 0. The van der Waals surface area contributed by atoms with Crippen LogP contribution in [0.2, 0.25) is 0 Å². The molecule has 0 aliphatic heterocycles. The zero-order chi connectivity index (χ0) is 12.1. The van der Waals surface area contributed by atoms with E-state index in [0.29, 0.717) is 24.4 Å². The van der Waals surface area contributed by atoms with Crippen molar-refractivity contribution in [2.45, 2.75) is 51.2 Å². The van der Waals surface area contributed by atoms with Gasteiger partial charge in [-0.2, -0.15) is 4.98 Å². The van der Waals surface area contributed by atoms with E-state index in [1.54, 1.807) is 7.11 Å². The molecule has 96 valence electrons. The van der Waals surface area contributed by atoms with Crippen molar-refractivity contribution in [3.8, 4) is 0 Å². The number of likely N-dealkylation sites (N-methyl/N-ethyl adjacent to an activating group) is 1. The standard InChI is InChI=1S/C12H21N3O2/c1-3-13-10-7-5-4-6-9(10)12-14-11(8-16-2)15-17-12/h9-10,13H,3-8H2,1-2H3. The fraction of sp³-hybridized carbons (Fsp3) is 0.833. The van der Waals surface area contributed by atoms with Crippen molar-refractivity contribution in [3.63, 3.8) is 0 Å². The van der Waals surface area contributed by atoms with E-state index < -0.39 is 0 Å². The van der Waals surface area contributed by atoms with Crippen LogP contribution >= 0.6 is 0 Å². The van der Waals surface area contributed by atoms with Gasteiger partial charge in [0.25, 0.3) is 0 Å². The summed E-state index contributed by atoms with van der Waals surface area (Å²) < 4.78 is 10.4. The fourth-order valence-corrected chi connectivity index (χ4v) is 2.54. The highest BCUT2D eigenvalue weighted by Gasteiger charge is 2.30. The lowest BCUT2D eigenvalue weighted by Crippen LogP contribution is -2.37. The molecule has 5 heteroatoms. The summed E-state index contributed by atoms with van der Waals surface area (Å²) in [5.41, 5.74) is 0. The summed E-state index contributed by atoms with van der Waals surface area (Å²) in [4.78, 5) is 4.41. The molecule has 0 bridgehead atoms. The van der Waals surface area contributed by atoms with Crippen LogP contribution in [0, 0.1) is 0 Å². The molecular formula is C12H21N3O2. The van der Waals surface area contributed by atoms with Crippen molar-refractivity contribution in [1.82, 2.24) is 15.5 Å².